The van der Waals surface area contributed by atoms with Gasteiger partial charge in [-0.25, -0.2) is 4.98 Å². The van der Waals surface area contributed by atoms with Gasteiger partial charge in [-0.1, -0.05) is 29.8 Å². The molecule has 18 heavy (non-hydrogen) atoms. The lowest BCUT2D eigenvalue weighted by molar-refractivity contribution is 0.416. The summed E-state index contributed by atoms with van der Waals surface area (Å²) in [7, 11) is 1.65. The second-order valence-electron chi connectivity index (χ2n) is 3.88. The summed E-state index contributed by atoms with van der Waals surface area (Å²) in [5.41, 5.74) is 1.81. The van der Waals surface area contributed by atoms with Gasteiger partial charge in [0.1, 0.15) is 11.6 Å². The maximum absolute atomic E-state index is 6.15. The first-order valence-corrected chi connectivity index (χ1v) is 5.95. The summed E-state index contributed by atoms with van der Waals surface area (Å²) < 4.78 is 7.32. The highest BCUT2D eigenvalue weighted by Gasteiger charge is 2.13. The number of imidazole rings is 1. The number of ether oxygens (including phenoxy) is 1. The first-order valence-electron chi connectivity index (χ1n) is 5.57. The van der Waals surface area contributed by atoms with Gasteiger partial charge in [0.2, 0.25) is 0 Å². The molecule has 2 heterocycles. The summed E-state index contributed by atoms with van der Waals surface area (Å²) >= 11 is 6.15. The number of methoxy groups -OCH3 is 1. The molecule has 0 atom stereocenters. The highest BCUT2D eigenvalue weighted by Crippen LogP contribution is 2.31. The molecule has 0 radical (unpaired) electrons. The van der Waals surface area contributed by atoms with E-state index in [1.165, 1.54) is 0 Å². The van der Waals surface area contributed by atoms with Crippen LogP contribution in [0.25, 0.3) is 16.9 Å². The fourth-order valence-corrected chi connectivity index (χ4v) is 2.25. The third-order valence-electron chi connectivity index (χ3n) is 2.85. The Morgan fingerprint density at radius 2 is 1.89 bits per heavy atom. The van der Waals surface area contributed by atoms with Crippen molar-refractivity contribution in [2.24, 2.45) is 0 Å². The number of rotatable bonds is 2. The van der Waals surface area contributed by atoms with Gasteiger partial charge in [0, 0.05) is 6.20 Å². The molecule has 0 unspecified atom stereocenters. The Morgan fingerprint density at radius 1 is 1.11 bits per heavy atom. The molecule has 1 aromatic carbocycles. The maximum atomic E-state index is 6.15. The molecule has 90 valence electrons. The fraction of sp³-hybridized carbons (Fsp3) is 0.0714. The van der Waals surface area contributed by atoms with Crippen LogP contribution in [0.3, 0.4) is 0 Å². The van der Waals surface area contributed by atoms with Gasteiger partial charge in [0.25, 0.3) is 0 Å². The van der Waals surface area contributed by atoms with E-state index in [0.29, 0.717) is 5.15 Å². The normalized spacial score (nSPS) is 10.8. The lowest BCUT2D eigenvalue weighted by Gasteiger charge is -2.06. The van der Waals surface area contributed by atoms with E-state index in [2.05, 4.69) is 4.98 Å². The number of para-hydroxylation sites is 1. The minimum Gasteiger partial charge on any atom is -0.496 e. The predicted molar refractivity (Wildman–Crippen MR) is 72.2 cm³/mol. The molecular formula is C14H11ClN2O. The molecule has 3 aromatic rings. The quantitative estimate of drug-likeness (QED) is 0.701. The van der Waals surface area contributed by atoms with Crippen molar-refractivity contribution in [3.8, 4) is 17.1 Å². The van der Waals surface area contributed by atoms with Crippen LogP contribution in [0.2, 0.25) is 5.15 Å². The topological polar surface area (TPSA) is 26.5 Å². The molecular weight excluding hydrogens is 248 g/mol. The lowest BCUT2D eigenvalue weighted by atomic mass is 10.2. The number of benzene rings is 1. The third kappa shape index (κ3) is 1.64. The van der Waals surface area contributed by atoms with Gasteiger partial charge in [-0.15, -0.1) is 0 Å². The monoisotopic (exact) mass is 258 g/mol. The molecule has 0 N–H and O–H groups in total. The van der Waals surface area contributed by atoms with Gasteiger partial charge in [-0.2, -0.15) is 0 Å². The zero-order valence-electron chi connectivity index (χ0n) is 9.80. The Kier molecular flexibility index (Phi) is 2.68. The number of hydrogen-bond acceptors (Lipinski definition) is 2. The van der Waals surface area contributed by atoms with Crippen molar-refractivity contribution in [3.63, 3.8) is 0 Å². The second-order valence-corrected chi connectivity index (χ2v) is 4.24. The number of aromatic nitrogens is 2. The van der Waals surface area contributed by atoms with Crippen molar-refractivity contribution in [1.29, 1.82) is 0 Å². The molecule has 0 spiro atoms. The van der Waals surface area contributed by atoms with Gasteiger partial charge in [-0.3, -0.25) is 4.40 Å². The first-order chi connectivity index (χ1) is 8.81. The van der Waals surface area contributed by atoms with Gasteiger partial charge in [0.15, 0.2) is 5.15 Å². The SMILES string of the molecule is COc1ccccc1-c1nc(Cl)c2ccccn12. The largest absolute Gasteiger partial charge is 0.496 e. The van der Waals surface area contributed by atoms with E-state index in [1.807, 2.05) is 53.1 Å². The van der Waals surface area contributed by atoms with E-state index in [9.17, 15) is 0 Å². The molecule has 0 saturated heterocycles. The maximum Gasteiger partial charge on any atom is 0.155 e. The third-order valence-corrected chi connectivity index (χ3v) is 3.13. The average Bonchev–Trinajstić information content (AvgIpc) is 2.77. The predicted octanol–water partition coefficient (Wildman–Crippen LogP) is 3.66. The van der Waals surface area contributed by atoms with E-state index >= 15 is 0 Å². The van der Waals surface area contributed by atoms with E-state index in [0.717, 1.165) is 22.7 Å². The molecule has 3 rings (SSSR count). The lowest BCUT2D eigenvalue weighted by Crippen LogP contribution is -1.92. The molecule has 0 aliphatic carbocycles. The van der Waals surface area contributed by atoms with Crippen LogP contribution >= 0.6 is 11.6 Å². The number of hydrogen-bond donors (Lipinski definition) is 0. The highest BCUT2D eigenvalue weighted by atomic mass is 35.5. The Bertz CT molecular complexity index is 706. The van der Waals surface area contributed by atoms with Crippen LogP contribution in [0.5, 0.6) is 5.75 Å². The molecule has 0 bridgehead atoms. The summed E-state index contributed by atoms with van der Waals surface area (Å²) in [6.07, 6.45) is 1.94. The minimum atomic E-state index is 0.497. The van der Waals surface area contributed by atoms with Crippen LogP contribution in [0.15, 0.2) is 48.7 Å². The zero-order valence-corrected chi connectivity index (χ0v) is 10.6. The summed E-state index contributed by atoms with van der Waals surface area (Å²) in [5.74, 6) is 1.57. The van der Waals surface area contributed by atoms with Crippen molar-refractivity contribution in [1.82, 2.24) is 9.38 Å². The summed E-state index contributed by atoms with van der Waals surface area (Å²) in [5, 5.41) is 0.497. The molecule has 4 heteroatoms. The van der Waals surface area contributed by atoms with Crippen LogP contribution < -0.4 is 4.74 Å². The molecule has 3 nitrogen and oxygen atoms in total. The average molecular weight is 259 g/mol. The van der Waals surface area contributed by atoms with Crippen molar-refractivity contribution in [3.05, 3.63) is 53.8 Å². The highest BCUT2D eigenvalue weighted by molar-refractivity contribution is 6.32. The van der Waals surface area contributed by atoms with Crippen molar-refractivity contribution >= 4 is 17.1 Å². The zero-order chi connectivity index (χ0) is 12.5. The molecule has 0 saturated carbocycles. The van der Waals surface area contributed by atoms with Crippen molar-refractivity contribution in [2.75, 3.05) is 7.11 Å². The van der Waals surface area contributed by atoms with Crippen LogP contribution in [-0.4, -0.2) is 16.5 Å². The second kappa shape index (κ2) is 4.35. The van der Waals surface area contributed by atoms with E-state index in [-0.39, 0.29) is 0 Å². The Balaban J connectivity index is 2.32. The molecule has 0 aliphatic rings. The molecule has 0 aliphatic heterocycles. The van der Waals surface area contributed by atoms with Crippen molar-refractivity contribution in [2.45, 2.75) is 0 Å². The van der Waals surface area contributed by atoms with E-state index in [4.69, 9.17) is 16.3 Å². The van der Waals surface area contributed by atoms with Crippen LogP contribution in [0, 0.1) is 0 Å². The smallest absolute Gasteiger partial charge is 0.155 e. The molecule has 0 amide bonds. The van der Waals surface area contributed by atoms with Crippen LogP contribution in [0.1, 0.15) is 0 Å². The summed E-state index contributed by atoms with van der Waals surface area (Å²) in [4.78, 5) is 4.42. The van der Waals surface area contributed by atoms with Crippen LogP contribution in [-0.2, 0) is 0 Å². The fourth-order valence-electron chi connectivity index (χ4n) is 2.02. The number of nitrogens with zero attached hydrogens (tertiary/aromatic N) is 2. The molecule has 0 fully saturated rings. The first kappa shape index (κ1) is 11.1. The Hall–Kier alpha value is -2.00. The number of pyridine rings is 1. The van der Waals surface area contributed by atoms with Crippen LogP contribution in [0.4, 0.5) is 0 Å². The van der Waals surface area contributed by atoms with Gasteiger partial charge in [0.05, 0.1) is 18.2 Å². The van der Waals surface area contributed by atoms with Gasteiger partial charge >= 0.3 is 0 Å². The number of fused-ring (bicyclic) bond motifs is 1. The van der Waals surface area contributed by atoms with Gasteiger partial charge < -0.3 is 4.74 Å². The van der Waals surface area contributed by atoms with E-state index in [1.54, 1.807) is 7.11 Å². The number of halogens is 1. The molecule has 2 aromatic heterocycles. The Labute approximate surface area is 110 Å². The van der Waals surface area contributed by atoms with E-state index < -0.39 is 0 Å². The minimum absolute atomic E-state index is 0.497. The standard InChI is InChI=1S/C14H11ClN2O/c1-18-12-8-3-2-6-10(12)14-16-13(15)11-7-4-5-9-17(11)14/h2-9H,1H3. The Morgan fingerprint density at radius 3 is 2.72 bits per heavy atom. The summed E-state index contributed by atoms with van der Waals surface area (Å²) in [6, 6.07) is 13.6. The van der Waals surface area contributed by atoms with Crippen molar-refractivity contribution < 1.29 is 4.74 Å². The summed E-state index contributed by atoms with van der Waals surface area (Å²) in [6.45, 7) is 0. The van der Waals surface area contributed by atoms with Gasteiger partial charge in [-0.05, 0) is 24.3 Å².